The molecule has 2 heteroatoms. The zero-order chi connectivity index (χ0) is 43.0. The molecule has 0 aliphatic rings. The molecule has 0 atom stereocenters. The van der Waals surface area contributed by atoms with Crippen molar-refractivity contribution in [1.82, 2.24) is 9.55 Å². The summed E-state index contributed by atoms with van der Waals surface area (Å²) in [5.74, 6) is 0.781. The summed E-state index contributed by atoms with van der Waals surface area (Å²) >= 11 is 0. The van der Waals surface area contributed by atoms with Gasteiger partial charge in [0.25, 0.3) is 0 Å². The second kappa shape index (κ2) is 10.2. The van der Waals surface area contributed by atoms with Crippen molar-refractivity contribution in [3.63, 3.8) is 0 Å². The number of hydrogen-bond donors (Lipinski definition) is 0. The predicted octanol–water partition coefficient (Wildman–Crippen LogP) is 11.5. The van der Waals surface area contributed by atoms with Crippen LogP contribution in [0, 0.1) is 0 Å². The highest BCUT2D eigenvalue weighted by molar-refractivity contribution is 6.24. The molecule has 9 aromatic rings. The first-order valence-electron chi connectivity index (χ1n) is 22.0. The standard InChI is InChI=1S/C43H30N2/c1-2-41-44-38-21-11-12-22-40(38)45(41)39-26-25-37(31-15-5-6-16-32(31)39)43-35-19-9-7-17-33(35)42(34-18-8-10-20-36(34)43)30-24-23-28-13-3-4-14-29(28)27-30/h3-27H,2H2,1H3/i3D,4D,7D,8D,9D,10D,13D,14D,17D,18D,19D,20D,23D,24D,27D. The van der Waals surface area contributed by atoms with Gasteiger partial charge in [0.1, 0.15) is 5.82 Å². The Morgan fingerprint density at radius 2 is 1.20 bits per heavy atom. The normalized spacial score (nSPS) is 16.4. The van der Waals surface area contributed by atoms with Crippen LogP contribution in [0.2, 0.25) is 0 Å². The average Bonchev–Trinajstić information content (AvgIpc) is 3.63. The van der Waals surface area contributed by atoms with Crippen LogP contribution in [0.5, 0.6) is 0 Å². The predicted molar refractivity (Wildman–Crippen MR) is 191 cm³/mol. The first-order chi connectivity index (χ1) is 28.5. The van der Waals surface area contributed by atoms with Crippen molar-refractivity contribution >= 4 is 54.1 Å². The molecule has 0 unspecified atom stereocenters. The van der Waals surface area contributed by atoms with E-state index in [1.165, 1.54) is 0 Å². The number of benzene rings is 8. The lowest BCUT2D eigenvalue weighted by Gasteiger charge is -2.20. The minimum absolute atomic E-state index is 0.0450. The summed E-state index contributed by atoms with van der Waals surface area (Å²) in [4.78, 5) is 4.86. The maximum absolute atomic E-state index is 9.48. The van der Waals surface area contributed by atoms with Gasteiger partial charge in [-0.3, -0.25) is 4.57 Å². The first-order valence-corrected chi connectivity index (χ1v) is 14.5. The molecule has 9 rings (SSSR count). The van der Waals surface area contributed by atoms with Crippen molar-refractivity contribution in [2.24, 2.45) is 0 Å². The van der Waals surface area contributed by atoms with E-state index in [0.29, 0.717) is 22.8 Å². The van der Waals surface area contributed by atoms with Crippen LogP contribution in [-0.2, 0) is 6.42 Å². The van der Waals surface area contributed by atoms with E-state index in [1.54, 1.807) is 12.1 Å². The average molecular weight is 590 g/mol. The quantitative estimate of drug-likeness (QED) is 0.187. The number of fused-ring (bicyclic) bond motifs is 5. The van der Waals surface area contributed by atoms with Crippen molar-refractivity contribution < 1.29 is 20.6 Å². The van der Waals surface area contributed by atoms with Crippen molar-refractivity contribution in [3.8, 4) is 27.9 Å². The molecule has 0 bridgehead atoms. The van der Waals surface area contributed by atoms with Gasteiger partial charge in [-0.1, -0.05) is 134 Å². The molecule has 0 aliphatic heterocycles. The Balaban J connectivity index is 1.56. The van der Waals surface area contributed by atoms with Crippen LogP contribution in [-0.4, -0.2) is 9.55 Å². The van der Waals surface area contributed by atoms with Gasteiger partial charge in [0.05, 0.1) is 37.3 Å². The zero-order valence-electron chi connectivity index (χ0n) is 38.9. The minimum atomic E-state index is -0.734. The van der Waals surface area contributed by atoms with Crippen molar-refractivity contribution in [3.05, 3.63) is 157 Å². The molecule has 0 amide bonds. The molecule has 0 radical (unpaired) electrons. The van der Waals surface area contributed by atoms with Crippen molar-refractivity contribution in [1.29, 1.82) is 0 Å². The first kappa shape index (κ1) is 14.8. The van der Waals surface area contributed by atoms with Gasteiger partial charge in [0, 0.05) is 11.8 Å². The zero-order valence-corrected chi connectivity index (χ0v) is 23.9. The van der Waals surface area contributed by atoms with Gasteiger partial charge >= 0.3 is 0 Å². The van der Waals surface area contributed by atoms with E-state index < -0.39 is 107 Å². The van der Waals surface area contributed by atoms with Crippen LogP contribution < -0.4 is 0 Å². The Kier molecular flexibility index (Phi) is 3.35. The van der Waals surface area contributed by atoms with Crippen LogP contribution >= 0.6 is 0 Å². The lowest BCUT2D eigenvalue weighted by molar-refractivity contribution is 0.913. The third-order valence-corrected chi connectivity index (χ3v) is 8.23. The highest BCUT2D eigenvalue weighted by Gasteiger charge is 2.20. The summed E-state index contributed by atoms with van der Waals surface area (Å²) in [5, 5.41) is -0.495. The summed E-state index contributed by atoms with van der Waals surface area (Å²) in [7, 11) is 0. The van der Waals surface area contributed by atoms with Crippen LogP contribution in [0.15, 0.2) is 151 Å². The molecular weight excluding hydrogens is 544 g/mol. The number of aromatic nitrogens is 2. The Labute approximate surface area is 282 Å². The molecule has 0 fully saturated rings. The molecule has 8 aromatic carbocycles. The third-order valence-electron chi connectivity index (χ3n) is 8.23. The van der Waals surface area contributed by atoms with Crippen LogP contribution in [0.3, 0.4) is 0 Å². The van der Waals surface area contributed by atoms with E-state index in [9.17, 15) is 8.22 Å². The highest BCUT2D eigenvalue weighted by atomic mass is 15.1. The topological polar surface area (TPSA) is 17.8 Å². The van der Waals surface area contributed by atoms with Crippen molar-refractivity contribution in [2.45, 2.75) is 13.3 Å². The third kappa shape index (κ3) is 3.92. The fourth-order valence-electron chi connectivity index (χ4n) is 6.33. The summed E-state index contributed by atoms with van der Waals surface area (Å²) in [6.45, 7) is 1.99. The largest absolute Gasteiger partial charge is 0.296 e. The van der Waals surface area contributed by atoms with E-state index in [0.717, 1.165) is 22.5 Å². The minimum Gasteiger partial charge on any atom is -0.296 e. The molecule has 1 aromatic heterocycles. The van der Waals surface area contributed by atoms with Crippen LogP contribution in [0.1, 0.15) is 33.3 Å². The monoisotopic (exact) mass is 589 g/mol. The Bertz CT molecular complexity index is 3350. The van der Waals surface area contributed by atoms with E-state index >= 15 is 0 Å². The van der Waals surface area contributed by atoms with Gasteiger partial charge < -0.3 is 0 Å². The van der Waals surface area contributed by atoms with Crippen molar-refractivity contribution in [2.75, 3.05) is 0 Å². The fourth-order valence-corrected chi connectivity index (χ4v) is 6.33. The fraction of sp³-hybridized carbons (Fsp3) is 0.0465. The maximum Gasteiger partial charge on any atom is 0.114 e. The molecular formula is C43H30N2. The van der Waals surface area contributed by atoms with E-state index in [-0.39, 0.29) is 32.7 Å². The maximum atomic E-state index is 9.48. The second-order valence-electron chi connectivity index (χ2n) is 10.6. The molecule has 1 heterocycles. The van der Waals surface area contributed by atoms with E-state index in [2.05, 4.69) is 0 Å². The van der Waals surface area contributed by atoms with E-state index in [1.807, 2.05) is 60.0 Å². The molecule has 2 nitrogen and oxygen atoms in total. The lowest BCUT2D eigenvalue weighted by atomic mass is 9.84. The number of aryl methyl sites for hydroxylation is 1. The van der Waals surface area contributed by atoms with Crippen LogP contribution in [0.25, 0.3) is 82.1 Å². The molecule has 0 N–H and O–H groups in total. The van der Waals surface area contributed by atoms with Gasteiger partial charge in [-0.25, -0.2) is 4.98 Å². The number of rotatable bonds is 4. The molecule has 212 valence electrons. The van der Waals surface area contributed by atoms with Gasteiger partial charge in [0.15, 0.2) is 0 Å². The Morgan fingerprint density at radius 3 is 1.93 bits per heavy atom. The van der Waals surface area contributed by atoms with Gasteiger partial charge in [-0.2, -0.15) is 0 Å². The molecule has 0 saturated heterocycles. The highest BCUT2D eigenvalue weighted by Crippen LogP contribution is 2.46. The van der Waals surface area contributed by atoms with Gasteiger partial charge in [-0.05, 0) is 84.2 Å². The Morgan fingerprint density at radius 1 is 0.578 bits per heavy atom. The Hall–Kier alpha value is -5.73. The SMILES string of the molecule is [2H]c1c([2H])c([2H])c2c([2H])c(-c3c4c([2H])c([2H])c([2H])c([2H])c4c(-c4ccc(-n5c(CC)nc6ccccc65)c5ccccc45)c4c([2H])c([2H])c([2H])c([2H])c34)c([2H])c([2H])c2c1[2H]. The number of nitrogens with zero attached hydrogens (tertiary/aromatic N) is 2. The summed E-state index contributed by atoms with van der Waals surface area (Å²) < 4.78 is 137. The van der Waals surface area contributed by atoms with Gasteiger partial charge in [-0.15, -0.1) is 0 Å². The number of para-hydroxylation sites is 2. The molecule has 45 heavy (non-hydrogen) atoms. The molecule has 0 saturated carbocycles. The number of hydrogen-bond acceptors (Lipinski definition) is 1. The van der Waals surface area contributed by atoms with E-state index in [4.69, 9.17) is 17.3 Å². The second-order valence-corrected chi connectivity index (χ2v) is 10.6. The van der Waals surface area contributed by atoms with Crippen LogP contribution in [0.4, 0.5) is 0 Å². The molecule has 0 aliphatic carbocycles. The van der Waals surface area contributed by atoms with Gasteiger partial charge in [0.2, 0.25) is 0 Å². The smallest absolute Gasteiger partial charge is 0.114 e. The lowest BCUT2D eigenvalue weighted by Crippen LogP contribution is -2.01. The number of imidazole rings is 1. The molecule has 0 spiro atoms. The summed E-state index contributed by atoms with van der Waals surface area (Å²) in [6, 6.07) is 8.65. The summed E-state index contributed by atoms with van der Waals surface area (Å²) in [5.41, 5.74) is 1.93. The summed E-state index contributed by atoms with van der Waals surface area (Å²) in [6.07, 6.45) is 0.594.